The van der Waals surface area contributed by atoms with Crippen LogP contribution in [0.3, 0.4) is 0 Å². The van der Waals surface area contributed by atoms with Gasteiger partial charge < -0.3 is 10.6 Å². The van der Waals surface area contributed by atoms with Crippen LogP contribution in [0.2, 0.25) is 0 Å². The summed E-state index contributed by atoms with van der Waals surface area (Å²) in [7, 11) is 0. The van der Waals surface area contributed by atoms with Crippen molar-refractivity contribution in [2.45, 2.75) is 45.1 Å². The van der Waals surface area contributed by atoms with Crippen molar-refractivity contribution in [3.63, 3.8) is 0 Å². The van der Waals surface area contributed by atoms with Gasteiger partial charge in [-0.15, -0.1) is 5.10 Å². The quantitative estimate of drug-likeness (QED) is 0.629. The Morgan fingerprint density at radius 2 is 2.17 bits per heavy atom. The Balaban J connectivity index is 2.28. The lowest BCUT2D eigenvalue weighted by atomic mass is 9.94. The number of aromatic nitrogens is 2. The molecule has 1 aromatic heterocycles. The zero-order chi connectivity index (χ0) is 13.0. The van der Waals surface area contributed by atoms with E-state index in [9.17, 15) is 0 Å². The molecule has 0 radical (unpaired) electrons. The molecule has 5 heteroatoms. The molecule has 1 aliphatic carbocycles. The van der Waals surface area contributed by atoms with Crippen molar-refractivity contribution >= 4 is 11.7 Å². The summed E-state index contributed by atoms with van der Waals surface area (Å²) in [6.45, 7) is 3.00. The maximum Gasteiger partial charge on any atom is 0.162 e. The van der Waals surface area contributed by atoms with Gasteiger partial charge in [-0.1, -0.05) is 19.3 Å². The van der Waals surface area contributed by atoms with Gasteiger partial charge in [-0.25, -0.2) is 0 Å². The number of nitrogens with one attached hydrogen (secondary N) is 1. The van der Waals surface area contributed by atoms with Gasteiger partial charge in [-0.05, 0) is 25.8 Å². The van der Waals surface area contributed by atoms with Crippen LogP contribution in [0.1, 0.15) is 44.6 Å². The largest absolute Gasteiger partial charge is 0.384 e. The van der Waals surface area contributed by atoms with Crippen LogP contribution >= 0.6 is 0 Å². The molecular formula is C13H21N5. The minimum atomic E-state index is 0.0640. The van der Waals surface area contributed by atoms with E-state index in [-0.39, 0.29) is 5.84 Å². The first-order valence-electron chi connectivity index (χ1n) is 6.66. The molecule has 98 valence electrons. The molecular weight excluding hydrogens is 226 g/mol. The molecule has 3 N–H and O–H groups in total. The minimum absolute atomic E-state index is 0.0640. The van der Waals surface area contributed by atoms with Crippen LogP contribution in [0, 0.1) is 5.41 Å². The fourth-order valence-corrected chi connectivity index (χ4v) is 2.72. The Morgan fingerprint density at radius 3 is 2.78 bits per heavy atom. The van der Waals surface area contributed by atoms with Crippen LogP contribution in [-0.2, 0) is 0 Å². The maximum absolute atomic E-state index is 7.64. The van der Waals surface area contributed by atoms with Gasteiger partial charge in [0.15, 0.2) is 5.82 Å². The molecule has 0 bridgehead atoms. The lowest BCUT2D eigenvalue weighted by molar-refractivity contribution is 0.415. The highest BCUT2D eigenvalue weighted by Gasteiger charge is 2.23. The summed E-state index contributed by atoms with van der Waals surface area (Å²) < 4.78 is 0. The second-order valence-electron chi connectivity index (χ2n) is 4.76. The number of nitrogens with two attached hydrogens (primary N) is 1. The normalized spacial score (nSPS) is 16.5. The van der Waals surface area contributed by atoms with E-state index in [2.05, 4.69) is 22.0 Å². The summed E-state index contributed by atoms with van der Waals surface area (Å²) in [4.78, 5) is 2.25. The van der Waals surface area contributed by atoms with Crippen LogP contribution < -0.4 is 10.6 Å². The molecule has 18 heavy (non-hydrogen) atoms. The van der Waals surface area contributed by atoms with E-state index in [4.69, 9.17) is 11.1 Å². The van der Waals surface area contributed by atoms with Gasteiger partial charge in [0.2, 0.25) is 0 Å². The average molecular weight is 247 g/mol. The fraction of sp³-hybridized carbons (Fsp3) is 0.615. The summed E-state index contributed by atoms with van der Waals surface area (Å²) >= 11 is 0. The smallest absolute Gasteiger partial charge is 0.162 e. The van der Waals surface area contributed by atoms with Gasteiger partial charge in [0, 0.05) is 12.6 Å². The molecule has 0 aromatic carbocycles. The third-order valence-electron chi connectivity index (χ3n) is 3.62. The number of nitrogens with zero attached hydrogens (tertiary/aromatic N) is 3. The summed E-state index contributed by atoms with van der Waals surface area (Å²) in [6.07, 6.45) is 7.86. The van der Waals surface area contributed by atoms with E-state index in [0.29, 0.717) is 11.6 Å². The second kappa shape index (κ2) is 5.80. The molecule has 0 atom stereocenters. The molecule has 1 saturated carbocycles. The van der Waals surface area contributed by atoms with E-state index in [0.717, 1.165) is 12.4 Å². The van der Waals surface area contributed by atoms with Crippen LogP contribution in [0.25, 0.3) is 0 Å². The van der Waals surface area contributed by atoms with E-state index in [1.807, 2.05) is 0 Å². The van der Waals surface area contributed by atoms with Gasteiger partial charge in [0.05, 0.1) is 11.8 Å². The topological polar surface area (TPSA) is 78.9 Å². The van der Waals surface area contributed by atoms with E-state index < -0.39 is 0 Å². The lowest BCUT2D eigenvalue weighted by Gasteiger charge is -2.35. The standard InChI is InChI=1S/C13H21N5/c1-2-18(10-6-4-3-5-7-10)13-11(12(14)15)8-9-16-17-13/h8-10H,2-7H2,1H3,(H3,14,15). The first-order chi connectivity index (χ1) is 8.74. The summed E-state index contributed by atoms with van der Waals surface area (Å²) in [5, 5.41) is 15.8. The van der Waals surface area contributed by atoms with Crippen LogP contribution in [0.15, 0.2) is 12.3 Å². The van der Waals surface area contributed by atoms with Crippen molar-refractivity contribution in [2.75, 3.05) is 11.4 Å². The first-order valence-corrected chi connectivity index (χ1v) is 6.66. The van der Waals surface area contributed by atoms with E-state index in [1.54, 1.807) is 12.3 Å². The Kier molecular flexibility index (Phi) is 4.12. The van der Waals surface area contributed by atoms with Gasteiger partial charge in [0.25, 0.3) is 0 Å². The Hall–Kier alpha value is -1.65. The number of rotatable bonds is 4. The monoisotopic (exact) mass is 247 g/mol. The van der Waals surface area contributed by atoms with Crippen LogP contribution in [0.4, 0.5) is 5.82 Å². The molecule has 0 unspecified atom stereocenters. The van der Waals surface area contributed by atoms with Gasteiger partial charge in [0.1, 0.15) is 5.84 Å². The van der Waals surface area contributed by atoms with Crippen molar-refractivity contribution in [1.29, 1.82) is 5.41 Å². The SMILES string of the molecule is CCN(c1nnccc1C(=N)N)C1CCCCC1. The number of nitrogen functional groups attached to an aromatic ring is 1. The Labute approximate surface area is 108 Å². The molecule has 5 nitrogen and oxygen atoms in total. The number of hydrogen-bond acceptors (Lipinski definition) is 4. The van der Waals surface area contributed by atoms with Crippen LogP contribution in [0.5, 0.6) is 0 Å². The Bertz CT molecular complexity index is 412. The van der Waals surface area contributed by atoms with Crippen molar-refractivity contribution in [3.05, 3.63) is 17.8 Å². The molecule has 0 aliphatic heterocycles. The molecule has 0 amide bonds. The Morgan fingerprint density at radius 1 is 1.44 bits per heavy atom. The zero-order valence-corrected chi connectivity index (χ0v) is 10.9. The van der Waals surface area contributed by atoms with Crippen LogP contribution in [-0.4, -0.2) is 28.6 Å². The van der Waals surface area contributed by atoms with E-state index in [1.165, 1.54) is 32.1 Å². The predicted octanol–water partition coefficient (Wildman–Crippen LogP) is 1.92. The van der Waals surface area contributed by atoms with E-state index >= 15 is 0 Å². The number of hydrogen-bond donors (Lipinski definition) is 2. The summed E-state index contributed by atoms with van der Waals surface area (Å²) in [5.41, 5.74) is 6.32. The predicted molar refractivity (Wildman–Crippen MR) is 72.9 cm³/mol. The van der Waals surface area contributed by atoms with Crippen molar-refractivity contribution in [1.82, 2.24) is 10.2 Å². The van der Waals surface area contributed by atoms with Gasteiger partial charge >= 0.3 is 0 Å². The summed E-state index contributed by atoms with van der Waals surface area (Å²) in [6, 6.07) is 2.29. The number of anilines is 1. The molecule has 0 spiro atoms. The van der Waals surface area contributed by atoms with Gasteiger partial charge in [-0.2, -0.15) is 5.10 Å². The third kappa shape index (κ3) is 2.60. The maximum atomic E-state index is 7.64. The molecule has 1 fully saturated rings. The molecule has 1 aromatic rings. The minimum Gasteiger partial charge on any atom is -0.384 e. The molecule has 1 heterocycles. The zero-order valence-electron chi connectivity index (χ0n) is 10.9. The average Bonchev–Trinajstić information content (AvgIpc) is 2.41. The fourth-order valence-electron chi connectivity index (χ4n) is 2.72. The molecule has 0 saturated heterocycles. The highest BCUT2D eigenvalue weighted by Crippen LogP contribution is 2.27. The van der Waals surface area contributed by atoms with Crippen molar-refractivity contribution in [3.8, 4) is 0 Å². The highest BCUT2D eigenvalue weighted by molar-refractivity contribution is 5.99. The first kappa shape index (κ1) is 12.8. The van der Waals surface area contributed by atoms with Crippen molar-refractivity contribution < 1.29 is 0 Å². The second-order valence-corrected chi connectivity index (χ2v) is 4.76. The van der Waals surface area contributed by atoms with Crippen molar-refractivity contribution in [2.24, 2.45) is 5.73 Å². The molecule has 2 rings (SSSR count). The lowest BCUT2D eigenvalue weighted by Crippen LogP contribution is -2.38. The highest BCUT2D eigenvalue weighted by atomic mass is 15.3. The third-order valence-corrected chi connectivity index (χ3v) is 3.62. The summed E-state index contributed by atoms with van der Waals surface area (Å²) in [5.74, 6) is 0.827. The van der Waals surface area contributed by atoms with Gasteiger partial charge in [-0.3, -0.25) is 5.41 Å². The molecule has 1 aliphatic rings. The number of amidine groups is 1.